The molecule has 150 valence electrons. The summed E-state index contributed by atoms with van der Waals surface area (Å²) in [5.74, 6) is -0.770. The van der Waals surface area contributed by atoms with E-state index in [0.717, 1.165) is 16.5 Å². The van der Waals surface area contributed by atoms with Gasteiger partial charge in [0.25, 0.3) is 5.91 Å². The second-order valence-corrected chi connectivity index (χ2v) is 6.74. The van der Waals surface area contributed by atoms with E-state index in [1.165, 1.54) is 6.92 Å². The average molecular weight is 392 g/mol. The number of nitrogens with one attached hydrogen (secondary N) is 4. The number of aromatic nitrogens is 1. The summed E-state index contributed by atoms with van der Waals surface area (Å²) in [6, 6.07) is 13.7. The number of carbonyl (C=O) groups is 3. The monoisotopic (exact) mass is 392 g/mol. The van der Waals surface area contributed by atoms with Crippen molar-refractivity contribution in [3.63, 3.8) is 0 Å². The molecule has 1 atom stereocenters. The van der Waals surface area contributed by atoms with Gasteiger partial charge in [-0.25, -0.2) is 0 Å². The van der Waals surface area contributed by atoms with Gasteiger partial charge in [-0.1, -0.05) is 18.2 Å². The van der Waals surface area contributed by atoms with E-state index in [9.17, 15) is 14.4 Å². The summed E-state index contributed by atoms with van der Waals surface area (Å²) in [4.78, 5) is 39.5. The van der Waals surface area contributed by atoms with Gasteiger partial charge >= 0.3 is 0 Å². The van der Waals surface area contributed by atoms with Gasteiger partial charge in [0.15, 0.2) is 0 Å². The van der Waals surface area contributed by atoms with Crippen LogP contribution in [-0.2, 0) is 16.0 Å². The zero-order valence-electron chi connectivity index (χ0n) is 16.4. The maximum absolute atomic E-state index is 12.8. The number of aromatic amines is 1. The molecular formula is C22H24N4O3. The van der Waals surface area contributed by atoms with Crippen molar-refractivity contribution in [3.05, 3.63) is 65.9 Å². The summed E-state index contributed by atoms with van der Waals surface area (Å²) in [7, 11) is 0. The lowest BCUT2D eigenvalue weighted by Gasteiger charge is -2.17. The zero-order chi connectivity index (χ0) is 20.8. The molecule has 29 heavy (non-hydrogen) atoms. The molecule has 0 saturated heterocycles. The molecule has 3 rings (SSSR count). The van der Waals surface area contributed by atoms with Crippen LogP contribution in [0.3, 0.4) is 0 Å². The molecule has 3 amide bonds. The Morgan fingerprint density at radius 3 is 2.45 bits per heavy atom. The highest BCUT2D eigenvalue weighted by atomic mass is 16.2. The van der Waals surface area contributed by atoms with Gasteiger partial charge in [-0.3, -0.25) is 14.4 Å². The molecule has 7 nitrogen and oxygen atoms in total. The second-order valence-electron chi connectivity index (χ2n) is 6.74. The Morgan fingerprint density at radius 1 is 1.03 bits per heavy atom. The molecule has 7 heteroatoms. The topological polar surface area (TPSA) is 103 Å². The van der Waals surface area contributed by atoms with Crippen LogP contribution in [-0.4, -0.2) is 35.3 Å². The number of hydrogen-bond acceptors (Lipinski definition) is 3. The fourth-order valence-corrected chi connectivity index (χ4v) is 3.17. The molecule has 1 heterocycles. The molecule has 0 aliphatic heterocycles. The van der Waals surface area contributed by atoms with Crippen LogP contribution < -0.4 is 16.0 Å². The average Bonchev–Trinajstić information content (AvgIpc) is 3.11. The standard InChI is InChI=1S/C22H24N4O3/c1-3-23-21(28)15-8-10-17(11-9-15)26-22(29)20(25-14(2)27)12-16-13-24-19-7-5-4-6-18(16)19/h4-11,13,20,24H,3,12H2,1-2H3,(H,23,28)(H,25,27)(H,26,29). The molecule has 0 radical (unpaired) electrons. The largest absolute Gasteiger partial charge is 0.361 e. The summed E-state index contributed by atoms with van der Waals surface area (Å²) in [5.41, 5.74) is 2.99. The van der Waals surface area contributed by atoms with Crippen LogP contribution in [0, 0.1) is 0 Å². The number of para-hydroxylation sites is 1. The van der Waals surface area contributed by atoms with Crippen molar-refractivity contribution >= 4 is 34.3 Å². The lowest BCUT2D eigenvalue weighted by atomic mass is 10.0. The highest BCUT2D eigenvalue weighted by Crippen LogP contribution is 2.20. The third-order valence-corrected chi connectivity index (χ3v) is 4.54. The van der Waals surface area contributed by atoms with Crippen molar-refractivity contribution in [2.24, 2.45) is 0 Å². The van der Waals surface area contributed by atoms with Crippen LogP contribution >= 0.6 is 0 Å². The molecule has 0 saturated carbocycles. The van der Waals surface area contributed by atoms with Crippen LogP contribution in [0.25, 0.3) is 10.9 Å². The minimum atomic E-state index is -0.727. The number of benzene rings is 2. The maximum Gasteiger partial charge on any atom is 0.251 e. The highest BCUT2D eigenvalue weighted by molar-refractivity contribution is 5.99. The molecule has 0 aliphatic rings. The number of amides is 3. The van der Waals surface area contributed by atoms with Gasteiger partial charge in [0.2, 0.25) is 11.8 Å². The smallest absolute Gasteiger partial charge is 0.251 e. The lowest BCUT2D eigenvalue weighted by molar-refractivity contribution is -0.125. The normalized spacial score (nSPS) is 11.7. The molecule has 3 aromatic rings. The fourth-order valence-electron chi connectivity index (χ4n) is 3.17. The lowest BCUT2D eigenvalue weighted by Crippen LogP contribution is -2.44. The van der Waals surface area contributed by atoms with Gasteiger partial charge in [-0.15, -0.1) is 0 Å². The van der Waals surface area contributed by atoms with Crippen LogP contribution in [0.2, 0.25) is 0 Å². The summed E-state index contributed by atoms with van der Waals surface area (Å²) in [6.07, 6.45) is 2.21. The summed E-state index contributed by atoms with van der Waals surface area (Å²) in [6.45, 7) is 3.78. The van der Waals surface area contributed by atoms with E-state index in [0.29, 0.717) is 24.2 Å². The first-order valence-corrected chi connectivity index (χ1v) is 9.49. The zero-order valence-corrected chi connectivity index (χ0v) is 16.4. The maximum atomic E-state index is 12.8. The molecule has 0 aliphatic carbocycles. The quantitative estimate of drug-likeness (QED) is 0.497. The first kappa shape index (κ1) is 20.1. The van der Waals surface area contributed by atoms with Crippen LogP contribution in [0.5, 0.6) is 0 Å². The predicted octanol–water partition coefficient (Wildman–Crippen LogP) is 2.60. The first-order chi connectivity index (χ1) is 14.0. The SMILES string of the molecule is CCNC(=O)c1ccc(NC(=O)C(Cc2c[nH]c3ccccc23)NC(C)=O)cc1. The Kier molecular flexibility index (Phi) is 6.29. The Hall–Kier alpha value is -3.61. The molecule has 1 aromatic heterocycles. The number of fused-ring (bicyclic) bond motifs is 1. The summed E-state index contributed by atoms with van der Waals surface area (Å²) in [5, 5.41) is 9.27. The molecule has 0 fully saturated rings. The second kappa shape index (κ2) is 9.05. The van der Waals surface area contributed by atoms with E-state index in [1.807, 2.05) is 37.4 Å². The molecular weight excluding hydrogens is 368 g/mol. The molecule has 0 bridgehead atoms. The first-order valence-electron chi connectivity index (χ1n) is 9.49. The number of rotatable bonds is 7. The van der Waals surface area contributed by atoms with Crippen LogP contribution in [0.15, 0.2) is 54.7 Å². The van der Waals surface area contributed by atoms with Crippen LogP contribution in [0.1, 0.15) is 29.8 Å². The van der Waals surface area contributed by atoms with Gasteiger partial charge in [0, 0.05) is 48.2 Å². The van der Waals surface area contributed by atoms with E-state index >= 15 is 0 Å². The summed E-state index contributed by atoms with van der Waals surface area (Å²) >= 11 is 0. The number of H-pyrrole nitrogens is 1. The van der Waals surface area contributed by atoms with Crippen molar-refractivity contribution in [2.45, 2.75) is 26.3 Å². The minimum Gasteiger partial charge on any atom is -0.361 e. The number of anilines is 1. The molecule has 4 N–H and O–H groups in total. The van der Waals surface area contributed by atoms with Crippen molar-refractivity contribution < 1.29 is 14.4 Å². The molecule has 1 unspecified atom stereocenters. The summed E-state index contributed by atoms with van der Waals surface area (Å²) < 4.78 is 0. The van der Waals surface area contributed by atoms with Crippen molar-refractivity contribution in [3.8, 4) is 0 Å². The van der Waals surface area contributed by atoms with E-state index in [-0.39, 0.29) is 17.7 Å². The minimum absolute atomic E-state index is 0.166. The van der Waals surface area contributed by atoms with E-state index in [1.54, 1.807) is 24.3 Å². The fraction of sp³-hybridized carbons (Fsp3) is 0.227. The van der Waals surface area contributed by atoms with Crippen LogP contribution in [0.4, 0.5) is 5.69 Å². The van der Waals surface area contributed by atoms with Gasteiger partial charge in [-0.2, -0.15) is 0 Å². The third-order valence-electron chi connectivity index (χ3n) is 4.54. The van der Waals surface area contributed by atoms with E-state index < -0.39 is 6.04 Å². The molecule has 0 spiro atoms. The van der Waals surface area contributed by atoms with E-state index in [2.05, 4.69) is 20.9 Å². The molecule has 2 aromatic carbocycles. The third kappa shape index (κ3) is 5.01. The van der Waals surface area contributed by atoms with Gasteiger partial charge < -0.3 is 20.9 Å². The van der Waals surface area contributed by atoms with Gasteiger partial charge in [0.1, 0.15) is 6.04 Å². The van der Waals surface area contributed by atoms with Crippen molar-refractivity contribution in [1.29, 1.82) is 0 Å². The Bertz CT molecular complexity index is 1020. The Labute approximate surface area is 168 Å². The van der Waals surface area contributed by atoms with Crippen molar-refractivity contribution in [2.75, 3.05) is 11.9 Å². The van der Waals surface area contributed by atoms with Gasteiger partial charge in [0.05, 0.1) is 0 Å². The number of hydrogen-bond donors (Lipinski definition) is 4. The van der Waals surface area contributed by atoms with Crippen molar-refractivity contribution in [1.82, 2.24) is 15.6 Å². The Morgan fingerprint density at radius 2 is 1.76 bits per heavy atom. The predicted molar refractivity (Wildman–Crippen MR) is 113 cm³/mol. The van der Waals surface area contributed by atoms with Gasteiger partial charge in [-0.05, 0) is 42.8 Å². The number of carbonyl (C=O) groups excluding carboxylic acids is 3. The highest BCUT2D eigenvalue weighted by Gasteiger charge is 2.21. The Balaban J connectivity index is 1.74. The van der Waals surface area contributed by atoms with E-state index in [4.69, 9.17) is 0 Å².